The molecule has 6 heteroatoms. The molecule has 0 bridgehead atoms. The standard InChI is InChI=1S/C19H20FNO4/c1-2-9-24-17-8-5-15(12-22)18(10-17)25-13-19(23)21-11-14-3-6-16(20)7-4-14/h3-8,10,12H,2,9,11,13H2,1H3,(H,21,23). The first-order chi connectivity index (χ1) is 12.1. The van der Waals surface area contributed by atoms with Crippen LogP contribution in [0.15, 0.2) is 42.5 Å². The molecule has 0 heterocycles. The highest BCUT2D eigenvalue weighted by Gasteiger charge is 2.09. The average molecular weight is 345 g/mol. The molecule has 0 atom stereocenters. The molecule has 2 rings (SSSR count). The normalized spacial score (nSPS) is 10.2. The van der Waals surface area contributed by atoms with Gasteiger partial charge in [-0.15, -0.1) is 0 Å². The molecule has 0 aromatic heterocycles. The second kappa shape index (κ2) is 9.42. The third-order valence-electron chi connectivity index (χ3n) is 3.35. The van der Waals surface area contributed by atoms with E-state index >= 15 is 0 Å². The second-order valence-electron chi connectivity index (χ2n) is 5.36. The van der Waals surface area contributed by atoms with Crippen molar-refractivity contribution in [1.29, 1.82) is 0 Å². The maximum Gasteiger partial charge on any atom is 0.258 e. The molecule has 1 amide bonds. The van der Waals surface area contributed by atoms with Gasteiger partial charge in [-0.1, -0.05) is 19.1 Å². The highest BCUT2D eigenvalue weighted by atomic mass is 19.1. The van der Waals surface area contributed by atoms with Gasteiger partial charge in [0.25, 0.3) is 5.91 Å². The molecule has 132 valence electrons. The molecule has 2 aromatic rings. The summed E-state index contributed by atoms with van der Waals surface area (Å²) >= 11 is 0. The number of benzene rings is 2. The molecule has 0 saturated carbocycles. The minimum Gasteiger partial charge on any atom is -0.493 e. The van der Waals surface area contributed by atoms with Crippen molar-refractivity contribution in [2.45, 2.75) is 19.9 Å². The molecule has 5 nitrogen and oxygen atoms in total. The monoisotopic (exact) mass is 345 g/mol. The molecule has 0 aliphatic heterocycles. The van der Waals surface area contributed by atoms with Crippen molar-refractivity contribution in [2.24, 2.45) is 0 Å². The number of carbonyl (C=O) groups excluding carboxylic acids is 2. The van der Waals surface area contributed by atoms with Gasteiger partial charge < -0.3 is 14.8 Å². The van der Waals surface area contributed by atoms with E-state index in [0.717, 1.165) is 12.0 Å². The molecule has 0 radical (unpaired) electrons. The van der Waals surface area contributed by atoms with E-state index in [1.165, 1.54) is 12.1 Å². The minimum atomic E-state index is -0.346. The van der Waals surface area contributed by atoms with E-state index in [2.05, 4.69) is 5.32 Å². The highest BCUT2D eigenvalue weighted by Crippen LogP contribution is 2.24. The molecule has 0 fully saturated rings. The molecule has 1 N–H and O–H groups in total. The van der Waals surface area contributed by atoms with Crippen LogP contribution in [0.2, 0.25) is 0 Å². The number of rotatable bonds is 9. The summed E-state index contributed by atoms with van der Waals surface area (Å²) in [6.45, 7) is 2.57. The van der Waals surface area contributed by atoms with Crippen LogP contribution < -0.4 is 14.8 Å². The zero-order valence-electron chi connectivity index (χ0n) is 14.0. The Morgan fingerprint density at radius 2 is 1.92 bits per heavy atom. The van der Waals surface area contributed by atoms with E-state index in [-0.39, 0.29) is 24.9 Å². The van der Waals surface area contributed by atoms with E-state index in [1.807, 2.05) is 6.92 Å². The van der Waals surface area contributed by atoms with E-state index in [9.17, 15) is 14.0 Å². The van der Waals surface area contributed by atoms with Crippen molar-refractivity contribution in [3.05, 3.63) is 59.4 Å². The van der Waals surface area contributed by atoms with Gasteiger partial charge in [-0.2, -0.15) is 0 Å². The molecular weight excluding hydrogens is 325 g/mol. The van der Waals surface area contributed by atoms with E-state index in [1.54, 1.807) is 30.3 Å². The van der Waals surface area contributed by atoms with Crippen molar-refractivity contribution in [3.8, 4) is 11.5 Å². The topological polar surface area (TPSA) is 64.6 Å². The lowest BCUT2D eigenvalue weighted by Crippen LogP contribution is -2.28. The van der Waals surface area contributed by atoms with Gasteiger partial charge in [0.05, 0.1) is 12.2 Å². The van der Waals surface area contributed by atoms with Crippen LogP contribution in [0.1, 0.15) is 29.3 Å². The SMILES string of the molecule is CCCOc1ccc(C=O)c(OCC(=O)NCc2ccc(F)cc2)c1. The summed E-state index contributed by atoms with van der Waals surface area (Å²) in [4.78, 5) is 23.0. The van der Waals surface area contributed by atoms with Gasteiger partial charge in [0, 0.05) is 12.6 Å². The van der Waals surface area contributed by atoms with Crippen LogP contribution in [0.25, 0.3) is 0 Å². The van der Waals surface area contributed by atoms with Crippen LogP contribution in [0.5, 0.6) is 11.5 Å². The van der Waals surface area contributed by atoms with Crippen molar-refractivity contribution in [3.63, 3.8) is 0 Å². The van der Waals surface area contributed by atoms with Gasteiger partial charge in [0.2, 0.25) is 0 Å². The molecule has 2 aromatic carbocycles. The number of ether oxygens (including phenoxy) is 2. The number of aldehydes is 1. The molecule has 25 heavy (non-hydrogen) atoms. The van der Waals surface area contributed by atoms with Crippen LogP contribution in [-0.2, 0) is 11.3 Å². The summed E-state index contributed by atoms with van der Waals surface area (Å²) in [5.74, 6) is 0.195. The number of nitrogens with one attached hydrogen (secondary N) is 1. The van der Waals surface area contributed by atoms with E-state index in [0.29, 0.717) is 30.0 Å². The predicted molar refractivity (Wildman–Crippen MR) is 91.4 cm³/mol. The Morgan fingerprint density at radius 3 is 2.60 bits per heavy atom. The number of hydrogen-bond donors (Lipinski definition) is 1. The molecular formula is C19H20FNO4. The zero-order valence-corrected chi connectivity index (χ0v) is 14.0. The van der Waals surface area contributed by atoms with Crippen LogP contribution in [0.3, 0.4) is 0 Å². The minimum absolute atomic E-state index is 0.237. The zero-order chi connectivity index (χ0) is 18.1. The lowest BCUT2D eigenvalue weighted by atomic mass is 10.2. The van der Waals surface area contributed by atoms with Gasteiger partial charge in [0.15, 0.2) is 12.9 Å². The first kappa shape index (κ1) is 18.4. The van der Waals surface area contributed by atoms with Gasteiger partial charge in [-0.3, -0.25) is 9.59 Å². The van der Waals surface area contributed by atoms with Crippen LogP contribution in [-0.4, -0.2) is 25.4 Å². The Morgan fingerprint density at radius 1 is 1.16 bits per heavy atom. The summed E-state index contributed by atoms with van der Waals surface area (Å²) in [5, 5.41) is 2.67. The van der Waals surface area contributed by atoms with Gasteiger partial charge in [-0.05, 0) is 36.2 Å². The summed E-state index contributed by atoms with van der Waals surface area (Å²) in [6, 6.07) is 10.7. The summed E-state index contributed by atoms with van der Waals surface area (Å²) in [6.07, 6.45) is 1.52. The quantitative estimate of drug-likeness (QED) is 0.709. The first-order valence-corrected chi connectivity index (χ1v) is 7.98. The Hall–Kier alpha value is -2.89. The van der Waals surface area contributed by atoms with E-state index in [4.69, 9.17) is 9.47 Å². The van der Waals surface area contributed by atoms with Gasteiger partial charge in [0.1, 0.15) is 17.3 Å². The molecule has 0 spiro atoms. The number of carbonyl (C=O) groups is 2. The molecule has 0 aliphatic rings. The smallest absolute Gasteiger partial charge is 0.258 e. The highest BCUT2D eigenvalue weighted by molar-refractivity contribution is 5.81. The van der Waals surface area contributed by atoms with E-state index < -0.39 is 0 Å². The largest absolute Gasteiger partial charge is 0.493 e. The lowest BCUT2D eigenvalue weighted by molar-refractivity contribution is -0.123. The lowest BCUT2D eigenvalue weighted by Gasteiger charge is -2.11. The molecule has 0 unspecified atom stereocenters. The van der Waals surface area contributed by atoms with Crippen molar-refractivity contribution in [2.75, 3.05) is 13.2 Å². The maximum absolute atomic E-state index is 12.8. The summed E-state index contributed by atoms with van der Waals surface area (Å²) in [7, 11) is 0. The van der Waals surface area contributed by atoms with Crippen LogP contribution in [0.4, 0.5) is 4.39 Å². The predicted octanol–water partition coefficient (Wildman–Crippen LogP) is 3.12. The summed E-state index contributed by atoms with van der Waals surface area (Å²) in [5.41, 5.74) is 1.12. The second-order valence-corrected chi connectivity index (χ2v) is 5.36. The summed E-state index contributed by atoms with van der Waals surface area (Å²) < 4.78 is 23.8. The molecule has 0 saturated heterocycles. The van der Waals surface area contributed by atoms with Crippen molar-refractivity contribution < 1.29 is 23.5 Å². The van der Waals surface area contributed by atoms with Crippen molar-refractivity contribution in [1.82, 2.24) is 5.32 Å². The molecule has 0 aliphatic carbocycles. The fourth-order valence-electron chi connectivity index (χ4n) is 2.04. The van der Waals surface area contributed by atoms with Gasteiger partial charge in [-0.25, -0.2) is 4.39 Å². The fourth-order valence-corrected chi connectivity index (χ4v) is 2.04. The number of hydrogen-bond acceptors (Lipinski definition) is 4. The first-order valence-electron chi connectivity index (χ1n) is 7.98. The Kier molecular flexibility index (Phi) is 6.95. The number of halogens is 1. The third kappa shape index (κ3) is 5.91. The van der Waals surface area contributed by atoms with Gasteiger partial charge >= 0.3 is 0 Å². The van der Waals surface area contributed by atoms with Crippen molar-refractivity contribution >= 4 is 12.2 Å². The Balaban J connectivity index is 1.89. The Labute approximate surface area is 145 Å². The van der Waals surface area contributed by atoms with Crippen LogP contribution >= 0.6 is 0 Å². The third-order valence-corrected chi connectivity index (χ3v) is 3.35. The maximum atomic E-state index is 12.8. The fraction of sp³-hybridized carbons (Fsp3) is 0.263. The average Bonchev–Trinajstić information content (AvgIpc) is 2.64. The van der Waals surface area contributed by atoms with Crippen LogP contribution in [0, 0.1) is 5.82 Å². The Bertz CT molecular complexity index is 716. The number of amides is 1.